The van der Waals surface area contributed by atoms with Gasteiger partial charge in [0.05, 0.1) is 18.8 Å². The zero-order valence-electron chi connectivity index (χ0n) is 20.6. The van der Waals surface area contributed by atoms with Gasteiger partial charge in [0.25, 0.3) is 11.8 Å². The molecule has 0 saturated heterocycles. The van der Waals surface area contributed by atoms with Crippen molar-refractivity contribution in [2.45, 2.75) is 87.6 Å². The molecule has 3 N–H and O–H groups in total. The molecule has 0 radical (unpaired) electrons. The first kappa shape index (κ1) is 25.2. The van der Waals surface area contributed by atoms with Crippen LogP contribution in [0.3, 0.4) is 0 Å². The van der Waals surface area contributed by atoms with Gasteiger partial charge in [-0.15, -0.1) is 11.8 Å². The molecule has 1 aromatic heterocycles. The molecule has 0 aliphatic heterocycles. The van der Waals surface area contributed by atoms with Gasteiger partial charge < -0.3 is 29.7 Å². The van der Waals surface area contributed by atoms with Crippen molar-refractivity contribution in [3.63, 3.8) is 0 Å². The number of methoxy groups -OCH3 is 1. The van der Waals surface area contributed by atoms with E-state index in [1.807, 2.05) is 13.8 Å². The van der Waals surface area contributed by atoms with E-state index < -0.39 is 11.6 Å². The molecular formula is C24H37N3O6S. The third-order valence-electron chi connectivity index (χ3n) is 7.28. The number of hydrogen-bond donors (Lipinski definition) is 3. The van der Waals surface area contributed by atoms with Crippen LogP contribution in [0.25, 0.3) is 0 Å². The number of amides is 2. The topological polar surface area (TPSA) is 123 Å². The van der Waals surface area contributed by atoms with Gasteiger partial charge in [0, 0.05) is 11.3 Å². The van der Waals surface area contributed by atoms with E-state index in [2.05, 4.69) is 20.5 Å². The fourth-order valence-electron chi connectivity index (χ4n) is 6.04. The molecule has 1 aromatic rings. The van der Waals surface area contributed by atoms with Gasteiger partial charge in [-0.05, 0) is 74.8 Å². The molecule has 3 aliphatic carbocycles. The Morgan fingerprint density at radius 1 is 1.21 bits per heavy atom. The molecular weight excluding hydrogens is 458 g/mol. The molecule has 2 amide bonds. The van der Waals surface area contributed by atoms with Gasteiger partial charge >= 0.3 is 6.09 Å². The lowest BCUT2D eigenvalue weighted by Gasteiger charge is -2.31. The second kappa shape index (κ2) is 9.97. The predicted molar refractivity (Wildman–Crippen MR) is 127 cm³/mol. The van der Waals surface area contributed by atoms with Gasteiger partial charge in [-0.1, -0.05) is 13.8 Å². The van der Waals surface area contributed by atoms with Crippen LogP contribution in [0.4, 0.5) is 4.79 Å². The summed E-state index contributed by atoms with van der Waals surface area (Å²) in [5, 5.41) is 20.6. The minimum Gasteiger partial charge on any atom is -0.472 e. The zero-order chi connectivity index (χ0) is 24.6. The summed E-state index contributed by atoms with van der Waals surface area (Å²) in [7, 11) is 1.30. The SMILES string of the molecule is COC(=O)NC(C)(C)COc1noc(C(=O)NC2C3CC4CC(C3)C2C[C@@H](O)C4)c1SC(C)C. The summed E-state index contributed by atoms with van der Waals surface area (Å²) < 4.78 is 16.1. The second-order valence-corrected chi connectivity index (χ2v) is 12.6. The number of nitrogens with one attached hydrogen (secondary N) is 2. The maximum atomic E-state index is 13.4. The van der Waals surface area contributed by atoms with Crippen LogP contribution < -0.4 is 15.4 Å². The number of fused-ring (bicyclic) bond motifs is 2. The molecule has 9 nitrogen and oxygen atoms in total. The number of alkyl carbamates (subject to hydrolysis) is 1. The van der Waals surface area contributed by atoms with Crippen LogP contribution in [0.2, 0.25) is 0 Å². The van der Waals surface area contributed by atoms with Crippen molar-refractivity contribution in [3.05, 3.63) is 5.76 Å². The molecule has 4 rings (SSSR count). The Balaban J connectivity index is 1.48. The van der Waals surface area contributed by atoms with Crippen molar-refractivity contribution in [1.82, 2.24) is 15.8 Å². The normalized spacial score (nSPS) is 30.2. The van der Waals surface area contributed by atoms with E-state index in [1.165, 1.54) is 18.9 Å². The molecule has 3 aliphatic rings. The van der Waals surface area contributed by atoms with Gasteiger partial charge in [-0.25, -0.2) is 4.79 Å². The number of thioether (sulfide) groups is 1. The molecule has 1 heterocycles. The van der Waals surface area contributed by atoms with Crippen molar-refractivity contribution in [1.29, 1.82) is 0 Å². The molecule has 0 aromatic carbocycles. The Morgan fingerprint density at radius 3 is 2.65 bits per heavy atom. The highest BCUT2D eigenvalue weighted by atomic mass is 32.2. The van der Waals surface area contributed by atoms with Gasteiger partial charge in [0.2, 0.25) is 5.76 Å². The molecule has 3 fully saturated rings. The number of carbonyl (C=O) groups excluding carboxylic acids is 2. The van der Waals surface area contributed by atoms with E-state index >= 15 is 0 Å². The van der Waals surface area contributed by atoms with Gasteiger partial charge in [-0.2, -0.15) is 0 Å². The van der Waals surface area contributed by atoms with E-state index in [1.54, 1.807) is 13.8 Å². The first-order valence-electron chi connectivity index (χ1n) is 12.2. The van der Waals surface area contributed by atoms with Crippen LogP contribution in [0, 0.1) is 23.7 Å². The first-order chi connectivity index (χ1) is 16.1. The first-order valence-corrected chi connectivity index (χ1v) is 13.1. The highest BCUT2D eigenvalue weighted by Crippen LogP contribution is 2.53. The number of rotatable bonds is 8. The monoisotopic (exact) mass is 495 g/mol. The number of aromatic nitrogens is 1. The predicted octanol–water partition coefficient (Wildman–Crippen LogP) is 3.60. The van der Waals surface area contributed by atoms with Crippen LogP contribution in [0.5, 0.6) is 5.88 Å². The number of carbonyl (C=O) groups is 2. The summed E-state index contributed by atoms with van der Waals surface area (Å²) in [6.45, 7) is 7.77. The Kier molecular flexibility index (Phi) is 7.38. The molecule has 6 atom stereocenters. The fraction of sp³-hybridized carbons (Fsp3) is 0.792. The molecule has 34 heavy (non-hydrogen) atoms. The van der Waals surface area contributed by atoms with Crippen LogP contribution in [0.1, 0.15) is 70.4 Å². The number of hydrogen-bond acceptors (Lipinski definition) is 8. The molecule has 3 saturated carbocycles. The second-order valence-electron chi connectivity index (χ2n) is 11.0. The maximum absolute atomic E-state index is 13.4. The Bertz CT molecular complexity index is 903. The van der Waals surface area contributed by atoms with Crippen molar-refractivity contribution in [2.24, 2.45) is 23.7 Å². The summed E-state index contributed by atoms with van der Waals surface area (Å²) in [5.74, 6) is 2.01. The van der Waals surface area contributed by atoms with Crippen molar-refractivity contribution < 1.29 is 28.7 Å². The average molecular weight is 496 g/mol. The summed E-state index contributed by atoms with van der Waals surface area (Å²) in [5.41, 5.74) is -0.714. The van der Waals surface area contributed by atoms with Crippen molar-refractivity contribution in [2.75, 3.05) is 13.7 Å². The van der Waals surface area contributed by atoms with Gasteiger partial charge in [0.15, 0.2) is 0 Å². The van der Waals surface area contributed by atoms with Crippen LogP contribution in [-0.4, -0.2) is 58.9 Å². The third-order valence-corrected chi connectivity index (χ3v) is 8.34. The lowest BCUT2D eigenvalue weighted by Crippen LogP contribution is -2.47. The smallest absolute Gasteiger partial charge is 0.407 e. The standard InChI is InChI=1S/C24H37N3O6S/c1-12(2)34-20-19(33-27-22(20)32-11-24(3,4)26-23(30)31-5)21(29)25-18-15-7-13-6-14(9-15)17(18)10-16(28)8-13/h12-18,28H,6-11H2,1-5H3,(H,25,29)(H,26,30)/t13?,14?,15?,16-,17?,18?/m0/s1. The molecule has 3 bridgehead atoms. The third kappa shape index (κ3) is 5.48. The Labute approximate surface area is 205 Å². The number of ether oxygens (including phenoxy) is 2. The zero-order valence-corrected chi connectivity index (χ0v) is 21.4. The number of nitrogens with zero attached hydrogens (tertiary/aromatic N) is 1. The molecule has 0 spiro atoms. The Morgan fingerprint density at radius 2 is 1.94 bits per heavy atom. The van der Waals surface area contributed by atoms with E-state index in [0.717, 1.165) is 32.1 Å². The maximum Gasteiger partial charge on any atom is 0.407 e. The number of aliphatic hydroxyl groups is 1. The molecule has 5 unspecified atom stereocenters. The Hall–Kier alpha value is -1.94. The highest BCUT2D eigenvalue weighted by Gasteiger charge is 2.51. The lowest BCUT2D eigenvalue weighted by atomic mass is 9.79. The van der Waals surface area contributed by atoms with Crippen LogP contribution in [0.15, 0.2) is 9.42 Å². The van der Waals surface area contributed by atoms with E-state index in [0.29, 0.717) is 28.6 Å². The van der Waals surface area contributed by atoms with E-state index in [-0.39, 0.29) is 41.6 Å². The van der Waals surface area contributed by atoms with Crippen molar-refractivity contribution in [3.8, 4) is 5.88 Å². The highest BCUT2D eigenvalue weighted by molar-refractivity contribution is 8.00. The van der Waals surface area contributed by atoms with Crippen LogP contribution >= 0.6 is 11.8 Å². The largest absolute Gasteiger partial charge is 0.472 e. The molecule has 10 heteroatoms. The quantitative estimate of drug-likeness (QED) is 0.468. The fourth-order valence-corrected chi connectivity index (χ4v) is 6.95. The minimum absolute atomic E-state index is 0.0482. The molecule has 190 valence electrons. The van der Waals surface area contributed by atoms with Gasteiger partial charge in [-0.3, -0.25) is 4.79 Å². The summed E-state index contributed by atoms with van der Waals surface area (Å²) in [4.78, 5) is 25.5. The summed E-state index contributed by atoms with van der Waals surface area (Å²) >= 11 is 1.46. The minimum atomic E-state index is -0.714. The average Bonchev–Trinajstić information content (AvgIpc) is 3.21. The van der Waals surface area contributed by atoms with Crippen LogP contribution in [-0.2, 0) is 4.74 Å². The van der Waals surface area contributed by atoms with Crippen molar-refractivity contribution >= 4 is 23.8 Å². The van der Waals surface area contributed by atoms with E-state index in [9.17, 15) is 14.7 Å². The summed E-state index contributed by atoms with van der Waals surface area (Å²) in [6.07, 6.45) is 4.16. The number of aliphatic hydroxyl groups excluding tert-OH is 1. The lowest BCUT2D eigenvalue weighted by molar-refractivity contribution is 0.0787. The van der Waals surface area contributed by atoms with Gasteiger partial charge in [0.1, 0.15) is 11.5 Å². The van der Waals surface area contributed by atoms with E-state index in [4.69, 9.17) is 9.26 Å². The summed E-state index contributed by atoms with van der Waals surface area (Å²) in [6, 6.07) is 0.0482.